The normalized spacial score (nSPS) is 13.9. The van der Waals surface area contributed by atoms with E-state index in [1.54, 1.807) is 13.0 Å². The molecule has 0 bridgehead atoms. The molecule has 1 aliphatic rings. The average Bonchev–Trinajstić information content (AvgIpc) is 2.61. The van der Waals surface area contributed by atoms with Crippen molar-refractivity contribution in [3.8, 4) is 0 Å². The Balaban J connectivity index is 2.25. The zero-order valence-corrected chi connectivity index (χ0v) is 12.8. The molecule has 1 aliphatic heterocycles. The molecule has 0 aromatic heterocycles. The van der Waals surface area contributed by atoms with Crippen LogP contribution in [-0.2, 0) is 9.59 Å². The summed E-state index contributed by atoms with van der Waals surface area (Å²) < 4.78 is 0. The lowest BCUT2D eigenvalue weighted by Crippen LogP contribution is -2.41. The molecule has 2 rings (SSSR count). The van der Waals surface area contributed by atoms with E-state index in [9.17, 15) is 14.4 Å². The van der Waals surface area contributed by atoms with Crippen LogP contribution in [0.3, 0.4) is 0 Å². The first-order chi connectivity index (χ1) is 9.81. The summed E-state index contributed by atoms with van der Waals surface area (Å²) >= 11 is 0. The van der Waals surface area contributed by atoms with E-state index < -0.39 is 11.7 Å². The number of hydrogen-bond donors (Lipinski definition) is 1. The molecule has 112 valence electrons. The number of nitrogens with zero attached hydrogens (tertiary/aromatic N) is 1. The highest BCUT2D eigenvalue weighted by Crippen LogP contribution is 2.32. The fourth-order valence-electron chi connectivity index (χ4n) is 2.47. The largest absolute Gasteiger partial charge is 0.354 e. The van der Waals surface area contributed by atoms with Gasteiger partial charge in [0.25, 0.3) is 11.7 Å². The summed E-state index contributed by atoms with van der Waals surface area (Å²) in [6.07, 6.45) is 0. The van der Waals surface area contributed by atoms with E-state index in [2.05, 4.69) is 5.32 Å². The first kappa shape index (κ1) is 15.2. The van der Waals surface area contributed by atoms with Gasteiger partial charge >= 0.3 is 0 Å². The fourth-order valence-corrected chi connectivity index (χ4v) is 2.47. The van der Waals surface area contributed by atoms with E-state index in [4.69, 9.17) is 0 Å². The van der Waals surface area contributed by atoms with Crippen molar-refractivity contribution in [3.05, 3.63) is 28.8 Å². The van der Waals surface area contributed by atoms with E-state index in [1.165, 1.54) is 4.90 Å². The lowest BCUT2D eigenvalue weighted by atomic mass is 10.0. The van der Waals surface area contributed by atoms with Gasteiger partial charge in [0.15, 0.2) is 0 Å². The number of rotatable bonds is 4. The zero-order valence-electron chi connectivity index (χ0n) is 12.8. The maximum atomic E-state index is 12.1. The third-order valence-electron chi connectivity index (χ3n) is 3.43. The molecule has 0 aliphatic carbocycles. The number of Topliss-reactive ketones (excluding diaryl/α,β-unsaturated/α-hetero) is 1. The lowest BCUT2D eigenvalue weighted by Gasteiger charge is -2.17. The van der Waals surface area contributed by atoms with Crippen molar-refractivity contribution in [3.63, 3.8) is 0 Å². The molecule has 0 atom stereocenters. The first-order valence-electron chi connectivity index (χ1n) is 7.05. The van der Waals surface area contributed by atoms with Crippen LogP contribution in [0.25, 0.3) is 0 Å². The number of amides is 2. The monoisotopic (exact) mass is 288 g/mol. The quantitative estimate of drug-likeness (QED) is 0.856. The van der Waals surface area contributed by atoms with Crippen molar-refractivity contribution in [2.45, 2.75) is 27.7 Å². The Labute approximate surface area is 124 Å². The summed E-state index contributed by atoms with van der Waals surface area (Å²) in [5, 5.41) is 2.76. The molecule has 0 saturated heterocycles. The van der Waals surface area contributed by atoms with Crippen LogP contribution >= 0.6 is 0 Å². The molecular weight excluding hydrogens is 268 g/mol. The number of hydrogen-bond acceptors (Lipinski definition) is 3. The molecule has 1 N–H and O–H groups in total. The van der Waals surface area contributed by atoms with E-state index in [-0.39, 0.29) is 12.5 Å². The summed E-state index contributed by atoms with van der Waals surface area (Å²) in [7, 11) is 0. The number of anilines is 1. The topological polar surface area (TPSA) is 66.5 Å². The highest BCUT2D eigenvalue weighted by atomic mass is 16.2. The van der Waals surface area contributed by atoms with Crippen molar-refractivity contribution < 1.29 is 14.4 Å². The average molecular weight is 288 g/mol. The minimum absolute atomic E-state index is 0.118. The summed E-state index contributed by atoms with van der Waals surface area (Å²) in [5.41, 5.74) is 2.69. The van der Waals surface area contributed by atoms with Crippen molar-refractivity contribution in [1.82, 2.24) is 5.32 Å². The molecule has 0 radical (unpaired) electrons. The van der Waals surface area contributed by atoms with Crippen LogP contribution in [0.2, 0.25) is 0 Å². The third-order valence-corrected chi connectivity index (χ3v) is 3.43. The van der Waals surface area contributed by atoms with Gasteiger partial charge in [0.05, 0.1) is 11.3 Å². The van der Waals surface area contributed by atoms with Crippen LogP contribution in [0, 0.1) is 19.8 Å². The predicted octanol–water partition coefficient (Wildman–Crippen LogP) is 1.60. The Hall–Kier alpha value is -2.17. The molecule has 5 heteroatoms. The molecule has 0 fully saturated rings. The second-order valence-corrected chi connectivity index (χ2v) is 5.89. The van der Waals surface area contributed by atoms with Crippen LogP contribution < -0.4 is 10.2 Å². The molecule has 1 aromatic carbocycles. The fraction of sp³-hybridized carbons (Fsp3) is 0.438. The van der Waals surface area contributed by atoms with Crippen LogP contribution in [0.5, 0.6) is 0 Å². The van der Waals surface area contributed by atoms with Gasteiger partial charge in [0, 0.05) is 6.54 Å². The van der Waals surface area contributed by atoms with Gasteiger partial charge in [-0.25, -0.2) is 0 Å². The second-order valence-electron chi connectivity index (χ2n) is 5.89. The molecule has 2 amide bonds. The van der Waals surface area contributed by atoms with E-state index in [0.29, 0.717) is 23.7 Å². The van der Waals surface area contributed by atoms with Gasteiger partial charge in [-0.1, -0.05) is 19.9 Å². The van der Waals surface area contributed by atoms with Gasteiger partial charge in [0.2, 0.25) is 5.91 Å². The highest BCUT2D eigenvalue weighted by molar-refractivity contribution is 6.53. The predicted molar refractivity (Wildman–Crippen MR) is 80.4 cm³/mol. The summed E-state index contributed by atoms with van der Waals surface area (Å²) in [6.45, 7) is 8.12. The zero-order chi connectivity index (χ0) is 15.7. The molecule has 0 spiro atoms. The maximum Gasteiger partial charge on any atom is 0.299 e. The number of benzene rings is 1. The number of nitrogens with one attached hydrogen (secondary N) is 1. The summed E-state index contributed by atoms with van der Waals surface area (Å²) in [5.74, 6) is -1.07. The Morgan fingerprint density at radius 3 is 2.52 bits per heavy atom. The molecule has 0 unspecified atom stereocenters. The van der Waals surface area contributed by atoms with Gasteiger partial charge in [-0.2, -0.15) is 0 Å². The summed E-state index contributed by atoms with van der Waals surface area (Å²) in [6, 6.07) is 3.65. The van der Waals surface area contributed by atoms with Crippen molar-refractivity contribution in [2.75, 3.05) is 18.0 Å². The van der Waals surface area contributed by atoms with Crippen LogP contribution in [0.4, 0.5) is 5.69 Å². The number of aryl methyl sites for hydroxylation is 2. The lowest BCUT2D eigenvalue weighted by molar-refractivity contribution is -0.122. The minimum Gasteiger partial charge on any atom is -0.354 e. The molecule has 21 heavy (non-hydrogen) atoms. The Bertz CT molecular complexity index is 620. The smallest absolute Gasteiger partial charge is 0.299 e. The Morgan fingerprint density at radius 1 is 1.24 bits per heavy atom. The molecular formula is C16H20N2O3. The number of carbonyl (C=O) groups is 3. The van der Waals surface area contributed by atoms with Gasteiger partial charge in [-0.15, -0.1) is 0 Å². The summed E-state index contributed by atoms with van der Waals surface area (Å²) in [4.78, 5) is 37.3. The van der Waals surface area contributed by atoms with Gasteiger partial charge in [-0.3, -0.25) is 19.3 Å². The minimum atomic E-state index is -0.626. The van der Waals surface area contributed by atoms with E-state index in [1.807, 2.05) is 26.8 Å². The van der Waals surface area contributed by atoms with E-state index >= 15 is 0 Å². The molecule has 1 heterocycles. The molecule has 0 saturated carbocycles. The molecule has 5 nitrogen and oxygen atoms in total. The number of carbonyl (C=O) groups excluding carboxylic acids is 3. The third kappa shape index (κ3) is 2.96. The second kappa shape index (κ2) is 5.68. The Morgan fingerprint density at radius 2 is 1.90 bits per heavy atom. The van der Waals surface area contributed by atoms with Gasteiger partial charge < -0.3 is 5.32 Å². The Kier molecular flexibility index (Phi) is 4.11. The van der Waals surface area contributed by atoms with Gasteiger partial charge in [0.1, 0.15) is 6.54 Å². The van der Waals surface area contributed by atoms with Crippen LogP contribution in [0.15, 0.2) is 12.1 Å². The highest BCUT2D eigenvalue weighted by Gasteiger charge is 2.38. The van der Waals surface area contributed by atoms with Crippen molar-refractivity contribution in [1.29, 1.82) is 0 Å². The van der Waals surface area contributed by atoms with Gasteiger partial charge in [-0.05, 0) is 37.0 Å². The number of ketones is 1. The van der Waals surface area contributed by atoms with Crippen molar-refractivity contribution in [2.24, 2.45) is 5.92 Å². The number of fused-ring (bicyclic) bond motifs is 1. The van der Waals surface area contributed by atoms with E-state index in [0.717, 1.165) is 11.1 Å². The van der Waals surface area contributed by atoms with Crippen LogP contribution in [-0.4, -0.2) is 30.7 Å². The van der Waals surface area contributed by atoms with Crippen LogP contribution in [0.1, 0.15) is 35.3 Å². The van der Waals surface area contributed by atoms with Crippen molar-refractivity contribution >= 4 is 23.3 Å². The first-order valence-corrected chi connectivity index (χ1v) is 7.05. The molecule has 1 aromatic rings. The standard InChI is InChI=1S/C16H20N2O3/c1-9(2)7-17-13(19)8-18-12-6-10(3)5-11(4)14(12)15(20)16(18)21/h5-6,9H,7-8H2,1-4H3,(H,17,19). The maximum absolute atomic E-state index is 12.1. The SMILES string of the molecule is Cc1cc(C)c2c(c1)N(CC(=O)NCC(C)C)C(=O)C2=O.